The zero-order valence-corrected chi connectivity index (χ0v) is 22.2. The van der Waals surface area contributed by atoms with E-state index in [2.05, 4.69) is 37.4 Å². The van der Waals surface area contributed by atoms with Crippen LogP contribution in [0, 0.1) is 32.8 Å². The maximum atomic E-state index is 13.2. The number of carbonyl (C=O) groups is 2. The van der Waals surface area contributed by atoms with Gasteiger partial charge < -0.3 is 11.1 Å². The zero-order chi connectivity index (χ0) is 22.8. The SMILES string of the molecule is Cc1ccc(-n2nc(C(=O)NC3CCC(C(N)=O)CC3)c(C)c2-c2cc[c-]cc2)c(C)c1.[Y]. The molecule has 2 aromatic carbocycles. The molecule has 2 amide bonds. The number of primary amides is 1. The number of nitrogens with two attached hydrogens (primary N) is 1. The Morgan fingerprint density at radius 1 is 1.06 bits per heavy atom. The third-order valence-electron chi connectivity index (χ3n) is 6.37. The normalized spacial score (nSPS) is 17.8. The van der Waals surface area contributed by atoms with Crippen LogP contribution in [-0.2, 0) is 37.5 Å². The van der Waals surface area contributed by atoms with E-state index in [4.69, 9.17) is 10.8 Å². The number of amides is 2. The summed E-state index contributed by atoms with van der Waals surface area (Å²) in [5.74, 6) is -0.519. The Morgan fingerprint density at radius 3 is 2.33 bits per heavy atom. The van der Waals surface area contributed by atoms with E-state index in [0.717, 1.165) is 40.9 Å². The van der Waals surface area contributed by atoms with Crippen molar-refractivity contribution in [2.45, 2.75) is 52.5 Å². The number of nitrogens with zero attached hydrogens (tertiary/aromatic N) is 2. The summed E-state index contributed by atoms with van der Waals surface area (Å²) >= 11 is 0. The third kappa shape index (κ3) is 5.44. The Labute approximate surface area is 220 Å². The number of nitrogens with one attached hydrogen (secondary N) is 1. The van der Waals surface area contributed by atoms with Gasteiger partial charge in [0.05, 0.1) is 11.4 Å². The van der Waals surface area contributed by atoms with Crippen molar-refractivity contribution in [3.8, 4) is 16.9 Å². The van der Waals surface area contributed by atoms with E-state index >= 15 is 0 Å². The van der Waals surface area contributed by atoms with Crippen LogP contribution in [0.3, 0.4) is 0 Å². The third-order valence-corrected chi connectivity index (χ3v) is 6.37. The molecular weight excluding hydrogens is 489 g/mol. The van der Waals surface area contributed by atoms with Gasteiger partial charge in [-0.15, -0.1) is 5.56 Å². The number of aryl methyl sites for hydroxylation is 2. The molecule has 0 saturated heterocycles. The van der Waals surface area contributed by atoms with Crippen LogP contribution in [0.15, 0.2) is 42.5 Å². The molecule has 7 heteroatoms. The van der Waals surface area contributed by atoms with Crippen molar-refractivity contribution in [3.63, 3.8) is 0 Å². The van der Waals surface area contributed by atoms with Gasteiger partial charge in [0.25, 0.3) is 5.91 Å². The average molecular weight is 518 g/mol. The first-order valence-corrected chi connectivity index (χ1v) is 11.1. The summed E-state index contributed by atoms with van der Waals surface area (Å²) in [4.78, 5) is 24.7. The Balaban J connectivity index is 0.00000306. The molecule has 6 nitrogen and oxygen atoms in total. The maximum absolute atomic E-state index is 13.2. The molecule has 0 aliphatic heterocycles. The van der Waals surface area contributed by atoms with E-state index in [9.17, 15) is 9.59 Å². The van der Waals surface area contributed by atoms with Gasteiger partial charge >= 0.3 is 0 Å². The topological polar surface area (TPSA) is 90.0 Å². The Bertz CT molecular complexity index is 1150. The van der Waals surface area contributed by atoms with E-state index in [1.165, 1.54) is 5.56 Å². The molecular formula is C26H29N4O2Y-. The van der Waals surface area contributed by atoms with Gasteiger partial charge in [-0.3, -0.25) is 9.59 Å². The second kappa shape index (κ2) is 10.7. The van der Waals surface area contributed by atoms with E-state index < -0.39 is 0 Å². The fraction of sp³-hybridized carbons (Fsp3) is 0.346. The standard InChI is InChI=1S/C26H29N4O2.Y/c1-16-9-14-22(17(2)15-16)30-24(19-7-5-4-6-8-19)18(3)23(29-30)26(32)28-21-12-10-20(11-13-21)25(27)31;/h5-9,14-15,20-21H,10-13H2,1-3H3,(H2,27,31)(H,28,32);/q-1;. The van der Waals surface area contributed by atoms with Gasteiger partial charge in [0, 0.05) is 50.2 Å². The minimum absolute atomic E-state index is 0. The number of rotatable bonds is 5. The van der Waals surface area contributed by atoms with Crippen LogP contribution in [0.2, 0.25) is 0 Å². The fourth-order valence-corrected chi connectivity index (χ4v) is 4.59. The molecule has 1 aliphatic rings. The van der Waals surface area contributed by atoms with Crippen LogP contribution in [-0.4, -0.2) is 27.6 Å². The average Bonchev–Trinajstić information content (AvgIpc) is 3.11. The van der Waals surface area contributed by atoms with Crippen LogP contribution in [0.1, 0.15) is 52.9 Å². The van der Waals surface area contributed by atoms with E-state index in [1.807, 2.05) is 41.9 Å². The quantitative estimate of drug-likeness (QED) is 0.500. The number of hydrogen-bond acceptors (Lipinski definition) is 3. The first kappa shape index (κ1) is 25.3. The molecule has 0 bridgehead atoms. The van der Waals surface area contributed by atoms with Crippen LogP contribution in [0.5, 0.6) is 0 Å². The van der Waals surface area contributed by atoms with Crippen molar-refractivity contribution < 1.29 is 42.3 Å². The molecule has 1 saturated carbocycles. The summed E-state index contributed by atoms with van der Waals surface area (Å²) in [5.41, 5.74) is 11.8. The van der Waals surface area contributed by atoms with Crippen molar-refractivity contribution >= 4 is 11.8 Å². The molecule has 1 aromatic heterocycles. The van der Waals surface area contributed by atoms with E-state index in [0.29, 0.717) is 18.5 Å². The van der Waals surface area contributed by atoms with Crippen LogP contribution < -0.4 is 11.1 Å². The predicted molar refractivity (Wildman–Crippen MR) is 124 cm³/mol. The first-order chi connectivity index (χ1) is 15.3. The van der Waals surface area contributed by atoms with Gasteiger partial charge in [-0.2, -0.15) is 35.4 Å². The Kier molecular flexibility index (Phi) is 8.25. The molecule has 1 radical (unpaired) electrons. The summed E-state index contributed by atoms with van der Waals surface area (Å²) in [6.45, 7) is 6.06. The van der Waals surface area contributed by atoms with Gasteiger partial charge in [-0.05, 0) is 58.1 Å². The number of carbonyl (C=O) groups excluding carboxylic acids is 2. The molecule has 0 spiro atoms. The van der Waals surface area contributed by atoms with E-state index in [-0.39, 0.29) is 56.5 Å². The maximum Gasteiger partial charge on any atom is 0.272 e. The number of aromatic nitrogens is 2. The summed E-state index contributed by atoms with van der Waals surface area (Å²) in [6.07, 6.45) is 2.92. The molecule has 4 rings (SSSR count). The molecule has 3 aromatic rings. The van der Waals surface area contributed by atoms with Gasteiger partial charge in [-0.25, -0.2) is 4.68 Å². The minimum atomic E-state index is -0.248. The summed E-state index contributed by atoms with van der Waals surface area (Å²) in [5, 5.41) is 7.91. The predicted octanol–water partition coefficient (Wildman–Crippen LogP) is 4.04. The van der Waals surface area contributed by atoms with E-state index in [1.54, 1.807) is 0 Å². The molecule has 3 N–H and O–H groups in total. The minimum Gasteiger partial charge on any atom is -0.369 e. The summed E-state index contributed by atoms with van der Waals surface area (Å²) < 4.78 is 1.87. The Hall–Kier alpha value is -2.31. The van der Waals surface area contributed by atoms with Gasteiger partial charge in [-0.1, -0.05) is 17.7 Å². The fourth-order valence-electron chi connectivity index (χ4n) is 4.59. The molecule has 1 aliphatic carbocycles. The van der Waals surface area contributed by atoms with Gasteiger partial charge in [0.2, 0.25) is 5.91 Å². The number of hydrogen-bond donors (Lipinski definition) is 2. The number of benzene rings is 2. The van der Waals surface area contributed by atoms with Crippen LogP contribution >= 0.6 is 0 Å². The molecule has 0 atom stereocenters. The van der Waals surface area contributed by atoms with Crippen molar-refractivity contribution in [1.82, 2.24) is 15.1 Å². The first-order valence-electron chi connectivity index (χ1n) is 11.1. The molecule has 0 unspecified atom stereocenters. The van der Waals surface area contributed by atoms with Crippen molar-refractivity contribution in [2.24, 2.45) is 11.7 Å². The second-order valence-corrected chi connectivity index (χ2v) is 8.74. The van der Waals surface area contributed by atoms with Crippen molar-refractivity contribution in [3.05, 3.63) is 70.9 Å². The molecule has 33 heavy (non-hydrogen) atoms. The molecule has 169 valence electrons. The second-order valence-electron chi connectivity index (χ2n) is 8.74. The zero-order valence-electron chi connectivity index (χ0n) is 19.4. The van der Waals surface area contributed by atoms with Gasteiger partial charge in [0.1, 0.15) is 0 Å². The van der Waals surface area contributed by atoms with Crippen LogP contribution in [0.25, 0.3) is 16.9 Å². The van der Waals surface area contributed by atoms with Crippen molar-refractivity contribution in [2.75, 3.05) is 0 Å². The molecule has 1 fully saturated rings. The smallest absolute Gasteiger partial charge is 0.272 e. The summed E-state index contributed by atoms with van der Waals surface area (Å²) in [6, 6.07) is 17.0. The van der Waals surface area contributed by atoms with Crippen molar-refractivity contribution in [1.29, 1.82) is 0 Å². The Morgan fingerprint density at radius 2 is 1.73 bits per heavy atom. The van der Waals surface area contributed by atoms with Gasteiger partial charge in [0.15, 0.2) is 5.69 Å². The summed E-state index contributed by atoms with van der Waals surface area (Å²) in [7, 11) is 0. The largest absolute Gasteiger partial charge is 0.369 e. The monoisotopic (exact) mass is 518 g/mol. The molecule has 1 heterocycles. The van der Waals surface area contributed by atoms with Crippen LogP contribution in [0.4, 0.5) is 0 Å².